The molecule has 0 fully saturated rings. The van der Waals surface area contributed by atoms with Gasteiger partial charge in [0.25, 0.3) is 0 Å². The van der Waals surface area contributed by atoms with E-state index in [4.69, 9.17) is 5.73 Å². The van der Waals surface area contributed by atoms with Crippen LogP contribution in [0.3, 0.4) is 0 Å². The average molecular weight is 360 g/mol. The minimum absolute atomic E-state index is 0.396. The molecule has 0 aliphatic carbocycles. The van der Waals surface area contributed by atoms with Crippen molar-refractivity contribution in [3.8, 4) is 16.9 Å². The Bertz CT molecular complexity index is 962. The van der Waals surface area contributed by atoms with Gasteiger partial charge in [-0.3, -0.25) is 9.59 Å². The lowest BCUT2D eigenvalue weighted by atomic mass is 10.1. The van der Waals surface area contributed by atoms with Gasteiger partial charge in [-0.05, 0) is 25.1 Å². The molecule has 1 unspecified atom stereocenters. The zero-order valence-electron chi connectivity index (χ0n) is 14.9. The van der Waals surface area contributed by atoms with Gasteiger partial charge in [-0.15, -0.1) is 0 Å². The molecule has 6 heteroatoms. The fourth-order valence-corrected chi connectivity index (χ4v) is 2.54. The topological polar surface area (TPSA) is 90.0 Å². The Hall–Kier alpha value is -3.67. The van der Waals surface area contributed by atoms with Gasteiger partial charge >= 0.3 is 0 Å². The molecule has 0 radical (unpaired) electrons. The Kier molecular flexibility index (Phi) is 5.47. The third kappa shape index (κ3) is 4.49. The first-order valence-corrected chi connectivity index (χ1v) is 8.53. The first-order chi connectivity index (χ1) is 13.0. The fraction of sp³-hybridized carbons (Fsp3) is 0.0952. The van der Waals surface area contributed by atoms with Crippen LogP contribution in [-0.4, -0.2) is 27.6 Å². The molecule has 0 saturated heterocycles. The highest BCUT2D eigenvalue weighted by Crippen LogP contribution is 2.24. The summed E-state index contributed by atoms with van der Waals surface area (Å²) >= 11 is 0. The number of primary amides is 1. The maximum atomic E-state index is 12.0. The Balaban J connectivity index is 1.93. The van der Waals surface area contributed by atoms with Crippen LogP contribution >= 0.6 is 0 Å². The Morgan fingerprint density at radius 3 is 2.33 bits per heavy atom. The number of nitrogens with one attached hydrogen (secondary N) is 1. The van der Waals surface area contributed by atoms with Crippen molar-refractivity contribution in [2.75, 3.05) is 0 Å². The lowest BCUT2D eigenvalue weighted by Crippen LogP contribution is -2.41. The van der Waals surface area contributed by atoms with Gasteiger partial charge in [-0.2, -0.15) is 5.10 Å². The number of rotatable bonds is 6. The highest BCUT2D eigenvalue weighted by Gasteiger charge is 2.12. The Morgan fingerprint density at radius 2 is 1.70 bits per heavy atom. The third-order valence-electron chi connectivity index (χ3n) is 4.01. The second-order valence-corrected chi connectivity index (χ2v) is 6.05. The molecule has 3 aromatic rings. The molecule has 0 saturated carbocycles. The van der Waals surface area contributed by atoms with Crippen LogP contribution in [0.25, 0.3) is 23.0 Å². The van der Waals surface area contributed by atoms with Crippen molar-refractivity contribution in [3.05, 3.63) is 78.5 Å². The lowest BCUT2D eigenvalue weighted by molar-refractivity contribution is -0.124. The summed E-state index contributed by atoms with van der Waals surface area (Å²) < 4.78 is 1.77. The quantitative estimate of drug-likeness (QED) is 0.662. The number of para-hydroxylation sites is 1. The third-order valence-corrected chi connectivity index (χ3v) is 4.01. The monoisotopic (exact) mass is 360 g/mol. The number of carbonyl (C=O) groups excluding carboxylic acids is 2. The molecule has 1 atom stereocenters. The molecule has 0 aliphatic heterocycles. The maximum absolute atomic E-state index is 12.0. The van der Waals surface area contributed by atoms with Gasteiger partial charge in [0.05, 0.1) is 11.4 Å². The number of hydrogen-bond acceptors (Lipinski definition) is 3. The van der Waals surface area contributed by atoms with E-state index in [1.165, 1.54) is 13.0 Å². The van der Waals surface area contributed by atoms with Crippen molar-refractivity contribution >= 4 is 17.9 Å². The van der Waals surface area contributed by atoms with E-state index in [-0.39, 0.29) is 0 Å². The molecule has 2 aromatic carbocycles. The number of carbonyl (C=O) groups is 2. The van der Waals surface area contributed by atoms with Crippen molar-refractivity contribution in [2.45, 2.75) is 13.0 Å². The summed E-state index contributed by atoms with van der Waals surface area (Å²) in [5.74, 6) is -0.980. The summed E-state index contributed by atoms with van der Waals surface area (Å²) in [6.45, 7) is 1.54. The van der Waals surface area contributed by atoms with E-state index < -0.39 is 17.9 Å². The second kappa shape index (κ2) is 8.14. The SMILES string of the molecule is CC(NC(=O)/C=C/c1cn(-c2ccccc2)nc1-c1ccccc1)C(N)=O. The maximum Gasteiger partial charge on any atom is 0.244 e. The number of benzene rings is 2. The molecular formula is C21H20N4O2. The number of nitrogens with two attached hydrogens (primary N) is 1. The molecule has 136 valence electrons. The summed E-state index contributed by atoms with van der Waals surface area (Å²) in [5.41, 5.74) is 8.57. The van der Waals surface area contributed by atoms with E-state index in [0.29, 0.717) is 0 Å². The number of amides is 2. The van der Waals surface area contributed by atoms with Gasteiger partial charge in [-0.25, -0.2) is 4.68 Å². The Labute approximate surface area is 157 Å². The minimum Gasteiger partial charge on any atom is -0.368 e. The molecule has 0 aliphatic rings. The molecule has 27 heavy (non-hydrogen) atoms. The molecule has 1 aromatic heterocycles. The highest BCUT2D eigenvalue weighted by atomic mass is 16.2. The Morgan fingerprint density at radius 1 is 1.07 bits per heavy atom. The molecule has 3 rings (SSSR count). The first kappa shape index (κ1) is 18.1. The highest BCUT2D eigenvalue weighted by molar-refractivity contribution is 5.95. The van der Waals surface area contributed by atoms with E-state index in [0.717, 1.165) is 22.5 Å². The van der Waals surface area contributed by atoms with Gasteiger partial charge in [0.15, 0.2) is 0 Å². The molecule has 0 bridgehead atoms. The number of nitrogens with zero attached hydrogens (tertiary/aromatic N) is 2. The summed E-state index contributed by atoms with van der Waals surface area (Å²) in [6, 6.07) is 18.7. The van der Waals surface area contributed by atoms with Crippen molar-refractivity contribution < 1.29 is 9.59 Å². The first-order valence-electron chi connectivity index (χ1n) is 8.53. The normalized spacial score (nSPS) is 12.0. The van der Waals surface area contributed by atoms with Gasteiger partial charge in [0.1, 0.15) is 6.04 Å². The van der Waals surface area contributed by atoms with Crippen LogP contribution in [0.4, 0.5) is 0 Å². The largest absolute Gasteiger partial charge is 0.368 e. The second-order valence-electron chi connectivity index (χ2n) is 6.05. The van der Waals surface area contributed by atoms with Crippen LogP contribution in [0, 0.1) is 0 Å². The van der Waals surface area contributed by atoms with Crippen molar-refractivity contribution in [1.82, 2.24) is 15.1 Å². The van der Waals surface area contributed by atoms with Crippen LogP contribution in [-0.2, 0) is 9.59 Å². The molecule has 6 nitrogen and oxygen atoms in total. The summed E-state index contributed by atoms with van der Waals surface area (Å²) in [5, 5.41) is 7.20. The predicted octanol–water partition coefficient (Wildman–Crippen LogP) is 2.54. The van der Waals surface area contributed by atoms with Crippen molar-refractivity contribution in [3.63, 3.8) is 0 Å². The van der Waals surface area contributed by atoms with E-state index >= 15 is 0 Å². The van der Waals surface area contributed by atoms with Gasteiger partial charge in [0.2, 0.25) is 11.8 Å². The van der Waals surface area contributed by atoms with Gasteiger partial charge < -0.3 is 11.1 Å². The zero-order chi connectivity index (χ0) is 19.2. The van der Waals surface area contributed by atoms with E-state index in [9.17, 15) is 9.59 Å². The predicted molar refractivity (Wildman–Crippen MR) is 105 cm³/mol. The van der Waals surface area contributed by atoms with Crippen molar-refractivity contribution in [1.29, 1.82) is 0 Å². The number of aromatic nitrogens is 2. The summed E-state index contributed by atoms with van der Waals surface area (Å²) in [7, 11) is 0. The van der Waals surface area contributed by atoms with E-state index in [1.807, 2.05) is 66.9 Å². The zero-order valence-corrected chi connectivity index (χ0v) is 14.9. The lowest BCUT2D eigenvalue weighted by Gasteiger charge is -2.07. The molecular weight excluding hydrogens is 340 g/mol. The van der Waals surface area contributed by atoms with E-state index in [1.54, 1.807) is 10.8 Å². The van der Waals surface area contributed by atoms with Crippen LogP contribution in [0.2, 0.25) is 0 Å². The summed E-state index contributed by atoms with van der Waals surface area (Å²) in [4.78, 5) is 23.1. The summed E-state index contributed by atoms with van der Waals surface area (Å²) in [6.07, 6.45) is 4.91. The molecule has 3 N–H and O–H groups in total. The number of hydrogen-bond donors (Lipinski definition) is 2. The van der Waals surface area contributed by atoms with Crippen molar-refractivity contribution in [2.24, 2.45) is 5.73 Å². The molecule has 0 spiro atoms. The standard InChI is InChI=1S/C21H20N4O2/c1-15(21(22)27)23-19(26)13-12-17-14-25(18-10-6-3-7-11-18)24-20(17)16-8-4-2-5-9-16/h2-15H,1H3,(H2,22,27)(H,23,26)/b13-12+. The molecule has 1 heterocycles. The van der Waals surface area contributed by atoms with Gasteiger partial charge in [0, 0.05) is 23.4 Å². The van der Waals surface area contributed by atoms with Crippen LogP contribution in [0.15, 0.2) is 72.9 Å². The van der Waals surface area contributed by atoms with Crippen LogP contribution < -0.4 is 11.1 Å². The molecule has 2 amide bonds. The smallest absolute Gasteiger partial charge is 0.244 e. The van der Waals surface area contributed by atoms with Crippen LogP contribution in [0.5, 0.6) is 0 Å². The van der Waals surface area contributed by atoms with E-state index in [2.05, 4.69) is 10.4 Å². The fourth-order valence-electron chi connectivity index (χ4n) is 2.54. The average Bonchev–Trinajstić information content (AvgIpc) is 3.12. The van der Waals surface area contributed by atoms with Gasteiger partial charge in [-0.1, -0.05) is 48.5 Å². The van der Waals surface area contributed by atoms with Crippen LogP contribution in [0.1, 0.15) is 12.5 Å². The minimum atomic E-state index is -0.734.